The van der Waals surface area contributed by atoms with Gasteiger partial charge in [-0.2, -0.15) is 0 Å². The predicted octanol–water partition coefficient (Wildman–Crippen LogP) is 4.79. The normalized spacial score (nSPS) is 14.0. The van der Waals surface area contributed by atoms with E-state index in [-0.39, 0.29) is 17.2 Å². The number of nitro benzene ring substituents is 1. The summed E-state index contributed by atoms with van der Waals surface area (Å²) in [6, 6.07) is 4.18. The van der Waals surface area contributed by atoms with Crippen LogP contribution >= 0.6 is 11.8 Å². The number of non-ortho nitro benzene ring substituents is 1. The number of H-pyrrole nitrogens is 1. The van der Waals surface area contributed by atoms with Crippen LogP contribution in [0.5, 0.6) is 0 Å². The molecule has 0 atom stereocenters. The van der Waals surface area contributed by atoms with E-state index in [1.807, 2.05) is 13.8 Å². The Balaban J connectivity index is 1.57. The molecule has 1 fully saturated rings. The van der Waals surface area contributed by atoms with Crippen molar-refractivity contribution in [3.63, 3.8) is 0 Å². The lowest BCUT2D eigenvalue weighted by Crippen LogP contribution is -2.15. The number of hydrogen-bond acceptors (Lipinski definition) is 7. The van der Waals surface area contributed by atoms with Gasteiger partial charge in [0.15, 0.2) is 5.16 Å². The second-order valence-corrected chi connectivity index (χ2v) is 8.60. The van der Waals surface area contributed by atoms with Crippen LogP contribution in [0.3, 0.4) is 0 Å². The topological polar surface area (TPSA) is 127 Å². The quantitative estimate of drug-likeness (QED) is 0.418. The van der Waals surface area contributed by atoms with Crippen LogP contribution in [0.25, 0.3) is 0 Å². The Hall–Kier alpha value is -3.27. The van der Waals surface area contributed by atoms with Crippen molar-refractivity contribution in [2.24, 2.45) is 0 Å². The summed E-state index contributed by atoms with van der Waals surface area (Å²) in [6.07, 6.45) is 8.19. The molecule has 31 heavy (non-hydrogen) atoms. The summed E-state index contributed by atoms with van der Waals surface area (Å²) in [5.74, 6) is 0.128. The zero-order valence-electron chi connectivity index (χ0n) is 17.2. The van der Waals surface area contributed by atoms with Crippen molar-refractivity contribution in [2.45, 2.75) is 55.5 Å². The maximum atomic E-state index is 13.0. The number of aryl methyl sites for hydroxylation is 2. The fraction of sp³-hybridized carbons (Fsp3) is 0.333. The highest BCUT2D eigenvalue weighted by molar-refractivity contribution is 7.99. The van der Waals surface area contributed by atoms with Gasteiger partial charge in [0.1, 0.15) is 0 Å². The van der Waals surface area contributed by atoms with Gasteiger partial charge in [0.25, 0.3) is 11.6 Å². The molecular weight excluding hydrogens is 416 g/mol. The minimum Gasteiger partial charge on any atom is -0.337 e. The molecule has 3 aromatic rings. The van der Waals surface area contributed by atoms with Crippen molar-refractivity contribution in [3.05, 3.63) is 63.2 Å². The Morgan fingerprint density at radius 2 is 1.94 bits per heavy atom. The molecule has 2 aromatic heterocycles. The SMILES string of the molecule is Cc1nc(Sc2ccc([N+](=O)[O-])cc2C(=O)Nc2ncc(C3CCCC3)cn2)[nH]c1C. The van der Waals surface area contributed by atoms with E-state index in [2.05, 4.69) is 25.3 Å². The summed E-state index contributed by atoms with van der Waals surface area (Å²) in [7, 11) is 0. The van der Waals surface area contributed by atoms with Crippen molar-refractivity contribution >= 4 is 29.3 Å². The van der Waals surface area contributed by atoms with Crippen LogP contribution in [0.15, 0.2) is 40.6 Å². The van der Waals surface area contributed by atoms with Crippen LogP contribution < -0.4 is 5.32 Å². The largest absolute Gasteiger partial charge is 0.337 e. The van der Waals surface area contributed by atoms with Gasteiger partial charge < -0.3 is 4.98 Å². The predicted molar refractivity (Wildman–Crippen MR) is 116 cm³/mol. The van der Waals surface area contributed by atoms with E-state index in [4.69, 9.17) is 0 Å². The third-order valence-corrected chi connectivity index (χ3v) is 6.42. The van der Waals surface area contributed by atoms with E-state index >= 15 is 0 Å². The van der Waals surface area contributed by atoms with Gasteiger partial charge in [0, 0.05) is 35.1 Å². The summed E-state index contributed by atoms with van der Waals surface area (Å²) in [4.78, 5) is 40.3. The number of carbonyl (C=O) groups is 1. The Morgan fingerprint density at radius 1 is 1.23 bits per heavy atom. The number of benzene rings is 1. The van der Waals surface area contributed by atoms with Crippen LogP contribution in [0.4, 0.5) is 11.6 Å². The average Bonchev–Trinajstić information content (AvgIpc) is 3.39. The molecule has 1 saturated carbocycles. The van der Waals surface area contributed by atoms with Crippen LogP contribution in [-0.2, 0) is 0 Å². The molecule has 160 valence electrons. The molecule has 1 aromatic carbocycles. The molecule has 1 amide bonds. The highest BCUT2D eigenvalue weighted by Crippen LogP contribution is 2.34. The fourth-order valence-electron chi connectivity index (χ4n) is 3.61. The number of hydrogen-bond donors (Lipinski definition) is 2. The summed E-state index contributed by atoms with van der Waals surface area (Å²) < 4.78 is 0. The molecule has 1 aliphatic carbocycles. The van der Waals surface area contributed by atoms with E-state index in [0.717, 1.165) is 29.8 Å². The maximum Gasteiger partial charge on any atom is 0.270 e. The Bertz CT molecular complexity index is 1100. The molecule has 0 spiro atoms. The molecule has 9 nitrogen and oxygen atoms in total. The molecule has 2 heterocycles. The second kappa shape index (κ2) is 8.84. The van der Waals surface area contributed by atoms with Crippen molar-refractivity contribution in [1.29, 1.82) is 0 Å². The number of aromatic nitrogens is 4. The molecule has 2 N–H and O–H groups in total. The Labute approximate surface area is 183 Å². The van der Waals surface area contributed by atoms with E-state index in [9.17, 15) is 14.9 Å². The number of aromatic amines is 1. The Morgan fingerprint density at radius 3 is 2.55 bits per heavy atom. The minimum absolute atomic E-state index is 0.161. The van der Waals surface area contributed by atoms with Crippen LogP contribution in [0.2, 0.25) is 0 Å². The van der Waals surface area contributed by atoms with Gasteiger partial charge in [-0.1, -0.05) is 24.6 Å². The van der Waals surface area contributed by atoms with E-state index < -0.39 is 10.8 Å². The first-order valence-corrected chi connectivity index (χ1v) is 10.8. The lowest BCUT2D eigenvalue weighted by atomic mass is 10.0. The summed E-state index contributed by atoms with van der Waals surface area (Å²) in [5, 5.41) is 14.5. The first-order chi connectivity index (χ1) is 14.9. The smallest absolute Gasteiger partial charge is 0.270 e. The first kappa shape index (κ1) is 21.0. The number of imidazole rings is 1. The molecule has 0 aliphatic heterocycles. The van der Waals surface area contributed by atoms with Crippen LogP contribution in [0, 0.1) is 24.0 Å². The van der Waals surface area contributed by atoms with Gasteiger partial charge in [0.05, 0.1) is 16.2 Å². The van der Waals surface area contributed by atoms with Crippen LogP contribution in [-0.4, -0.2) is 30.8 Å². The number of carbonyl (C=O) groups excluding carboxylic acids is 1. The number of amides is 1. The second-order valence-electron chi connectivity index (χ2n) is 7.57. The standard InChI is InChI=1S/C21H22N6O3S/c1-12-13(2)25-21(24-12)31-18-8-7-16(27(29)30)9-17(18)19(28)26-20-22-10-15(11-23-20)14-5-3-4-6-14/h7-11,14H,3-6H2,1-2H3,(H,24,25)(H,22,23,26,28). The molecule has 0 bridgehead atoms. The van der Waals surface area contributed by atoms with Gasteiger partial charge in [-0.3, -0.25) is 20.2 Å². The van der Waals surface area contributed by atoms with Crippen LogP contribution in [0.1, 0.15) is 58.9 Å². The molecule has 0 saturated heterocycles. The Kier molecular flexibility index (Phi) is 5.99. The molecule has 1 aliphatic rings. The third-order valence-electron chi connectivity index (χ3n) is 5.46. The van der Waals surface area contributed by atoms with Crippen molar-refractivity contribution in [3.8, 4) is 0 Å². The number of anilines is 1. The number of nitrogens with one attached hydrogen (secondary N) is 2. The zero-order chi connectivity index (χ0) is 22.0. The average molecular weight is 439 g/mol. The number of nitro groups is 1. The number of rotatable bonds is 6. The van der Waals surface area contributed by atoms with Gasteiger partial charge in [0.2, 0.25) is 5.95 Å². The van der Waals surface area contributed by atoms with Crippen molar-refractivity contribution < 1.29 is 9.72 Å². The van der Waals surface area contributed by atoms with Gasteiger partial charge >= 0.3 is 0 Å². The summed E-state index contributed by atoms with van der Waals surface area (Å²) >= 11 is 1.24. The lowest BCUT2D eigenvalue weighted by Gasteiger charge is -2.10. The molecule has 0 radical (unpaired) electrons. The highest BCUT2D eigenvalue weighted by Gasteiger charge is 2.21. The van der Waals surface area contributed by atoms with E-state index in [1.165, 1.54) is 36.7 Å². The molecular formula is C21H22N6O3S. The monoisotopic (exact) mass is 438 g/mol. The first-order valence-electron chi connectivity index (χ1n) is 10.0. The van der Waals surface area contributed by atoms with Crippen molar-refractivity contribution in [1.82, 2.24) is 19.9 Å². The third kappa shape index (κ3) is 4.74. The lowest BCUT2D eigenvalue weighted by molar-refractivity contribution is -0.384. The van der Waals surface area contributed by atoms with E-state index in [0.29, 0.717) is 16.0 Å². The summed E-state index contributed by atoms with van der Waals surface area (Å²) in [6.45, 7) is 3.79. The van der Waals surface area contributed by atoms with E-state index in [1.54, 1.807) is 18.5 Å². The fourth-order valence-corrected chi connectivity index (χ4v) is 4.60. The maximum absolute atomic E-state index is 13.0. The molecule has 0 unspecified atom stereocenters. The molecule has 10 heteroatoms. The van der Waals surface area contributed by atoms with Gasteiger partial charge in [-0.25, -0.2) is 15.0 Å². The highest BCUT2D eigenvalue weighted by atomic mass is 32.2. The molecule has 4 rings (SSSR count). The van der Waals surface area contributed by atoms with Crippen molar-refractivity contribution in [2.75, 3.05) is 5.32 Å². The van der Waals surface area contributed by atoms with Gasteiger partial charge in [-0.15, -0.1) is 0 Å². The van der Waals surface area contributed by atoms with Gasteiger partial charge in [-0.05, 0) is 44.2 Å². The number of nitrogens with zero attached hydrogens (tertiary/aromatic N) is 4. The minimum atomic E-state index is -0.528. The zero-order valence-corrected chi connectivity index (χ0v) is 18.0. The summed E-state index contributed by atoms with van der Waals surface area (Å²) in [5.41, 5.74) is 2.84.